The molecule has 0 saturated carbocycles. The number of nitrogens with one attached hydrogen (secondary N) is 2. The third kappa shape index (κ3) is 4.58. The molecule has 7 heteroatoms. The van der Waals surface area contributed by atoms with Gasteiger partial charge in [-0.15, -0.1) is 0 Å². The summed E-state index contributed by atoms with van der Waals surface area (Å²) < 4.78 is 14.9. The van der Waals surface area contributed by atoms with Gasteiger partial charge >= 0.3 is 0 Å². The van der Waals surface area contributed by atoms with E-state index < -0.39 is 0 Å². The Balaban J connectivity index is 1.47. The van der Waals surface area contributed by atoms with Crippen LogP contribution in [0.4, 0.5) is 10.2 Å². The van der Waals surface area contributed by atoms with Crippen molar-refractivity contribution in [3.63, 3.8) is 0 Å². The molecule has 3 rings (SSSR count). The van der Waals surface area contributed by atoms with E-state index in [9.17, 15) is 14.0 Å². The van der Waals surface area contributed by atoms with Crippen LogP contribution >= 0.6 is 0 Å². The van der Waals surface area contributed by atoms with Crippen LogP contribution in [0.3, 0.4) is 0 Å². The monoisotopic (exact) mass is 386 g/mol. The van der Waals surface area contributed by atoms with Crippen LogP contribution in [0.2, 0.25) is 0 Å². The number of hydrogen-bond acceptors (Lipinski definition) is 4. The standard InChI is InChI=1S/C21H27FN4O2/c1-13(12-19(27)16-4-6-17(22)7-5-16)24-21(28)9-8-18-14(2)25-20-10-11-23-26(20)15(18)3/h4-7,10-11,13-15,18,25H,8-9,12H2,1-3H3,(H,24,28). The van der Waals surface area contributed by atoms with Gasteiger partial charge in [-0.25, -0.2) is 9.07 Å². The van der Waals surface area contributed by atoms with Crippen molar-refractivity contribution in [1.29, 1.82) is 0 Å². The Labute approximate surface area is 164 Å². The maximum Gasteiger partial charge on any atom is 0.220 e. The Morgan fingerprint density at radius 1 is 1.25 bits per heavy atom. The van der Waals surface area contributed by atoms with Crippen molar-refractivity contribution < 1.29 is 14.0 Å². The summed E-state index contributed by atoms with van der Waals surface area (Å²) in [6.45, 7) is 6.06. The van der Waals surface area contributed by atoms with E-state index in [1.807, 2.05) is 17.7 Å². The highest BCUT2D eigenvalue weighted by atomic mass is 19.1. The molecule has 150 valence electrons. The molecule has 1 aromatic carbocycles. The number of benzene rings is 1. The molecule has 2 aromatic rings. The van der Waals surface area contributed by atoms with Crippen LogP contribution in [0.1, 0.15) is 56.4 Å². The lowest BCUT2D eigenvalue weighted by Gasteiger charge is -2.36. The van der Waals surface area contributed by atoms with Gasteiger partial charge in [0.15, 0.2) is 5.78 Å². The molecule has 0 fully saturated rings. The van der Waals surface area contributed by atoms with Crippen LogP contribution in [-0.2, 0) is 4.79 Å². The summed E-state index contributed by atoms with van der Waals surface area (Å²) in [4.78, 5) is 24.6. The molecule has 0 aliphatic carbocycles. The Morgan fingerprint density at radius 3 is 2.68 bits per heavy atom. The fourth-order valence-corrected chi connectivity index (χ4v) is 3.91. The van der Waals surface area contributed by atoms with Gasteiger partial charge in [0, 0.05) is 42.5 Å². The summed E-state index contributed by atoms with van der Waals surface area (Å²) in [6.07, 6.45) is 3.10. The number of fused-ring (bicyclic) bond motifs is 1. The maximum absolute atomic E-state index is 13.0. The minimum atomic E-state index is -0.374. The molecule has 0 saturated heterocycles. The quantitative estimate of drug-likeness (QED) is 0.714. The Hall–Kier alpha value is -2.70. The zero-order chi connectivity index (χ0) is 20.3. The lowest BCUT2D eigenvalue weighted by molar-refractivity contribution is -0.122. The van der Waals surface area contributed by atoms with E-state index in [2.05, 4.69) is 29.6 Å². The van der Waals surface area contributed by atoms with Crippen molar-refractivity contribution in [1.82, 2.24) is 15.1 Å². The third-order valence-corrected chi connectivity index (χ3v) is 5.46. The molecule has 0 bridgehead atoms. The van der Waals surface area contributed by atoms with Crippen molar-refractivity contribution in [2.45, 2.75) is 58.2 Å². The second kappa shape index (κ2) is 8.54. The number of rotatable bonds is 7. The van der Waals surface area contributed by atoms with Crippen molar-refractivity contribution in [2.24, 2.45) is 5.92 Å². The number of anilines is 1. The minimum Gasteiger partial charge on any atom is -0.367 e. The first-order valence-electron chi connectivity index (χ1n) is 9.73. The maximum atomic E-state index is 13.0. The zero-order valence-corrected chi connectivity index (χ0v) is 16.5. The van der Waals surface area contributed by atoms with Crippen molar-refractivity contribution >= 4 is 17.5 Å². The summed E-state index contributed by atoms with van der Waals surface area (Å²) >= 11 is 0. The highest BCUT2D eigenvalue weighted by Crippen LogP contribution is 2.33. The van der Waals surface area contributed by atoms with E-state index in [0.717, 1.165) is 12.2 Å². The normalized spacial score (nSPS) is 22.1. The summed E-state index contributed by atoms with van der Waals surface area (Å²) in [7, 11) is 0. The number of hydrogen-bond donors (Lipinski definition) is 2. The average molecular weight is 386 g/mol. The van der Waals surface area contributed by atoms with E-state index in [4.69, 9.17) is 0 Å². The van der Waals surface area contributed by atoms with Crippen LogP contribution in [0.15, 0.2) is 36.5 Å². The van der Waals surface area contributed by atoms with E-state index in [-0.39, 0.29) is 48.0 Å². The Bertz CT molecular complexity index is 833. The first-order chi connectivity index (χ1) is 13.3. The number of carbonyl (C=O) groups excluding carboxylic acids is 2. The van der Waals surface area contributed by atoms with Gasteiger partial charge in [-0.2, -0.15) is 5.10 Å². The van der Waals surface area contributed by atoms with Gasteiger partial charge in [-0.05, 0) is 51.5 Å². The molecule has 0 spiro atoms. The first kappa shape index (κ1) is 20.0. The fraction of sp³-hybridized carbons (Fsp3) is 0.476. The second-order valence-corrected chi connectivity index (χ2v) is 7.64. The Kier molecular flexibility index (Phi) is 6.11. The second-order valence-electron chi connectivity index (χ2n) is 7.64. The number of halogens is 1. The molecule has 6 nitrogen and oxygen atoms in total. The molecule has 0 radical (unpaired) electrons. The zero-order valence-electron chi connectivity index (χ0n) is 16.5. The van der Waals surface area contributed by atoms with Gasteiger partial charge in [0.25, 0.3) is 0 Å². The Morgan fingerprint density at radius 2 is 1.96 bits per heavy atom. The number of aromatic nitrogens is 2. The van der Waals surface area contributed by atoms with E-state index in [1.54, 1.807) is 6.20 Å². The van der Waals surface area contributed by atoms with Crippen LogP contribution < -0.4 is 10.6 Å². The SMILES string of the molecule is CC(CC(=O)c1ccc(F)cc1)NC(=O)CCC1C(C)Nc2ccnn2C1C. The summed E-state index contributed by atoms with van der Waals surface area (Å²) in [6, 6.07) is 7.61. The molecule has 1 aromatic heterocycles. The molecule has 2 N–H and O–H groups in total. The topological polar surface area (TPSA) is 76.0 Å². The van der Waals surface area contributed by atoms with E-state index in [0.29, 0.717) is 12.0 Å². The molecule has 4 unspecified atom stereocenters. The van der Waals surface area contributed by atoms with Crippen LogP contribution in [0.5, 0.6) is 0 Å². The largest absolute Gasteiger partial charge is 0.367 e. The summed E-state index contributed by atoms with van der Waals surface area (Å²) in [5.41, 5.74) is 0.452. The third-order valence-electron chi connectivity index (χ3n) is 5.46. The van der Waals surface area contributed by atoms with Gasteiger partial charge in [0.05, 0.1) is 12.2 Å². The van der Waals surface area contributed by atoms with Crippen LogP contribution in [0.25, 0.3) is 0 Å². The number of carbonyl (C=O) groups is 2. The van der Waals surface area contributed by atoms with E-state index >= 15 is 0 Å². The molecular formula is C21H27FN4O2. The smallest absolute Gasteiger partial charge is 0.220 e. The number of nitrogens with zero attached hydrogens (tertiary/aromatic N) is 2. The van der Waals surface area contributed by atoms with Crippen molar-refractivity contribution in [3.8, 4) is 0 Å². The fourth-order valence-electron chi connectivity index (χ4n) is 3.91. The molecule has 1 aliphatic rings. The van der Waals surface area contributed by atoms with Gasteiger partial charge in [0.1, 0.15) is 11.6 Å². The highest BCUT2D eigenvalue weighted by Gasteiger charge is 2.32. The minimum absolute atomic E-state index is 0.0648. The van der Waals surface area contributed by atoms with Crippen molar-refractivity contribution in [3.05, 3.63) is 47.9 Å². The predicted molar refractivity (Wildman–Crippen MR) is 106 cm³/mol. The molecule has 2 heterocycles. The van der Waals surface area contributed by atoms with E-state index in [1.165, 1.54) is 24.3 Å². The highest BCUT2D eigenvalue weighted by molar-refractivity contribution is 5.96. The van der Waals surface area contributed by atoms with Gasteiger partial charge in [-0.3, -0.25) is 9.59 Å². The molecule has 4 atom stereocenters. The van der Waals surface area contributed by atoms with Gasteiger partial charge in [-0.1, -0.05) is 0 Å². The van der Waals surface area contributed by atoms with Crippen LogP contribution in [-0.4, -0.2) is 33.6 Å². The van der Waals surface area contributed by atoms with Crippen molar-refractivity contribution in [2.75, 3.05) is 5.32 Å². The summed E-state index contributed by atoms with van der Waals surface area (Å²) in [5, 5.41) is 10.7. The summed E-state index contributed by atoms with van der Waals surface area (Å²) in [5.74, 6) is 0.742. The predicted octanol–water partition coefficient (Wildman–Crippen LogP) is 3.57. The van der Waals surface area contributed by atoms with Crippen LogP contribution in [0, 0.1) is 11.7 Å². The lowest BCUT2D eigenvalue weighted by Crippen LogP contribution is -2.40. The van der Waals surface area contributed by atoms with Gasteiger partial charge < -0.3 is 10.6 Å². The molecule has 1 amide bonds. The lowest BCUT2D eigenvalue weighted by atomic mass is 9.87. The number of ketones is 1. The van der Waals surface area contributed by atoms with Gasteiger partial charge in [0.2, 0.25) is 5.91 Å². The molecule has 1 aliphatic heterocycles. The first-order valence-corrected chi connectivity index (χ1v) is 9.73. The number of amides is 1. The number of Topliss-reactive ketones (excluding diaryl/α,β-unsaturated/α-hetero) is 1. The molecular weight excluding hydrogens is 359 g/mol. The average Bonchev–Trinajstić information content (AvgIpc) is 3.10. The molecule has 28 heavy (non-hydrogen) atoms.